The molecule has 86 valence electrons. The van der Waals surface area contributed by atoms with Crippen molar-refractivity contribution in [1.29, 1.82) is 5.41 Å². The Hall–Kier alpha value is -2.56. The van der Waals surface area contributed by atoms with E-state index in [9.17, 15) is 10.2 Å². The molecule has 0 aliphatic rings. The summed E-state index contributed by atoms with van der Waals surface area (Å²) >= 11 is 0. The zero-order valence-corrected chi connectivity index (χ0v) is 8.88. The van der Waals surface area contributed by atoms with E-state index < -0.39 is 5.75 Å². The number of amidine groups is 1. The molecule has 0 aliphatic carbocycles. The number of phenols is 2. The van der Waals surface area contributed by atoms with Gasteiger partial charge in [0.15, 0.2) is 11.5 Å². The lowest BCUT2D eigenvalue weighted by Gasteiger charge is -2.09. The van der Waals surface area contributed by atoms with Gasteiger partial charge in [-0.05, 0) is 24.3 Å². The maximum atomic E-state index is 9.84. The Morgan fingerprint density at radius 3 is 2.47 bits per heavy atom. The Morgan fingerprint density at radius 1 is 1.12 bits per heavy atom. The van der Waals surface area contributed by atoms with Gasteiger partial charge in [-0.2, -0.15) is 0 Å². The number of aromatic nitrogens is 1. The molecular weight excluding hydrogens is 218 g/mol. The standard InChI is InChI=1S/C12H11N3O2/c13-12(14)8-5-4-7(10(16)11(8)17)9-3-1-2-6-15-9/h1-6,16-17H,(H3,13,14). The Morgan fingerprint density at radius 2 is 1.88 bits per heavy atom. The number of aromatic hydroxyl groups is 2. The largest absolute Gasteiger partial charge is 0.504 e. The Kier molecular flexibility index (Phi) is 2.66. The molecule has 0 saturated heterocycles. The summed E-state index contributed by atoms with van der Waals surface area (Å²) in [5.41, 5.74) is 6.30. The first-order chi connectivity index (χ1) is 8.11. The topological polar surface area (TPSA) is 103 Å². The second-order valence-electron chi connectivity index (χ2n) is 3.49. The van der Waals surface area contributed by atoms with Crippen LogP contribution in [0.5, 0.6) is 11.5 Å². The van der Waals surface area contributed by atoms with Crippen molar-refractivity contribution in [2.45, 2.75) is 0 Å². The van der Waals surface area contributed by atoms with E-state index in [0.29, 0.717) is 11.3 Å². The van der Waals surface area contributed by atoms with Crippen molar-refractivity contribution in [3.8, 4) is 22.8 Å². The molecule has 17 heavy (non-hydrogen) atoms. The second-order valence-corrected chi connectivity index (χ2v) is 3.49. The Balaban J connectivity index is 2.60. The number of benzene rings is 1. The molecule has 0 unspecified atom stereocenters. The number of pyridine rings is 1. The smallest absolute Gasteiger partial charge is 0.169 e. The van der Waals surface area contributed by atoms with Crippen LogP contribution in [-0.4, -0.2) is 21.0 Å². The molecule has 0 radical (unpaired) electrons. The zero-order valence-electron chi connectivity index (χ0n) is 8.88. The van der Waals surface area contributed by atoms with Crippen LogP contribution >= 0.6 is 0 Å². The van der Waals surface area contributed by atoms with E-state index in [1.807, 2.05) is 0 Å². The van der Waals surface area contributed by atoms with Crippen LogP contribution in [0.15, 0.2) is 36.5 Å². The fraction of sp³-hybridized carbons (Fsp3) is 0. The molecule has 1 aromatic heterocycles. The minimum atomic E-state index is -0.402. The first-order valence-electron chi connectivity index (χ1n) is 4.92. The SMILES string of the molecule is N=C(N)c1ccc(-c2ccccn2)c(O)c1O. The quantitative estimate of drug-likeness (QED) is 0.355. The maximum Gasteiger partial charge on any atom is 0.169 e. The van der Waals surface area contributed by atoms with Crippen molar-refractivity contribution in [2.75, 3.05) is 0 Å². The minimum Gasteiger partial charge on any atom is -0.504 e. The molecule has 0 saturated carbocycles. The highest BCUT2D eigenvalue weighted by atomic mass is 16.3. The third-order valence-corrected chi connectivity index (χ3v) is 2.38. The molecule has 5 N–H and O–H groups in total. The fourth-order valence-corrected chi connectivity index (χ4v) is 1.53. The summed E-state index contributed by atoms with van der Waals surface area (Å²) in [6.45, 7) is 0. The Labute approximate surface area is 97.7 Å². The summed E-state index contributed by atoms with van der Waals surface area (Å²) in [6, 6.07) is 8.28. The van der Waals surface area contributed by atoms with Gasteiger partial charge in [0.1, 0.15) is 5.84 Å². The fourth-order valence-electron chi connectivity index (χ4n) is 1.53. The molecule has 0 aliphatic heterocycles. The molecule has 2 aromatic rings. The minimum absolute atomic E-state index is 0.0992. The number of hydrogen-bond donors (Lipinski definition) is 4. The van der Waals surface area contributed by atoms with Crippen LogP contribution in [0.4, 0.5) is 0 Å². The highest BCUT2D eigenvalue weighted by molar-refractivity contribution is 5.99. The lowest BCUT2D eigenvalue weighted by molar-refractivity contribution is 0.404. The summed E-state index contributed by atoms with van der Waals surface area (Å²) in [5.74, 6) is -1.03. The molecule has 2 rings (SSSR count). The highest BCUT2D eigenvalue weighted by Gasteiger charge is 2.14. The van der Waals surface area contributed by atoms with Gasteiger partial charge in [0.25, 0.3) is 0 Å². The van der Waals surface area contributed by atoms with Gasteiger partial charge >= 0.3 is 0 Å². The van der Waals surface area contributed by atoms with Gasteiger partial charge in [0, 0.05) is 11.8 Å². The predicted molar refractivity (Wildman–Crippen MR) is 64.0 cm³/mol. The van der Waals surface area contributed by atoms with Crippen LogP contribution < -0.4 is 5.73 Å². The molecule has 5 nitrogen and oxygen atoms in total. The average Bonchev–Trinajstić information content (AvgIpc) is 2.33. The number of nitrogens with one attached hydrogen (secondary N) is 1. The van der Waals surface area contributed by atoms with Crippen LogP contribution in [-0.2, 0) is 0 Å². The van der Waals surface area contributed by atoms with Gasteiger partial charge in [-0.15, -0.1) is 0 Å². The van der Waals surface area contributed by atoms with Crippen molar-refractivity contribution in [2.24, 2.45) is 5.73 Å². The normalized spacial score (nSPS) is 10.1. The van der Waals surface area contributed by atoms with Gasteiger partial charge in [0.05, 0.1) is 11.3 Å². The predicted octanol–water partition coefficient (Wildman–Crippen LogP) is 1.44. The van der Waals surface area contributed by atoms with Gasteiger partial charge in [-0.25, -0.2) is 0 Å². The number of nitrogens with zero attached hydrogens (tertiary/aromatic N) is 1. The van der Waals surface area contributed by atoms with Crippen LogP contribution in [0.25, 0.3) is 11.3 Å². The molecule has 0 amide bonds. The zero-order chi connectivity index (χ0) is 12.4. The van der Waals surface area contributed by atoms with E-state index in [1.165, 1.54) is 6.07 Å². The molecular formula is C12H11N3O2. The van der Waals surface area contributed by atoms with E-state index in [-0.39, 0.29) is 17.1 Å². The summed E-state index contributed by atoms with van der Waals surface area (Å²) < 4.78 is 0. The van der Waals surface area contributed by atoms with Crippen molar-refractivity contribution in [1.82, 2.24) is 4.98 Å². The van der Waals surface area contributed by atoms with E-state index in [4.69, 9.17) is 11.1 Å². The highest BCUT2D eigenvalue weighted by Crippen LogP contribution is 2.37. The van der Waals surface area contributed by atoms with Crippen LogP contribution in [0, 0.1) is 5.41 Å². The second kappa shape index (κ2) is 4.13. The lowest BCUT2D eigenvalue weighted by atomic mass is 10.0. The number of phenolic OH excluding ortho intramolecular Hbond substituents is 2. The summed E-state index contributed by atoms with van der Waals surface area (Å²) in [7, 11) is 0. The van der Waals surface area contributed by atoms with Crippen LogP contribution in [0.1, 0.15) is 5.56 Å². The van der Waals surface area contributed by atoms with E-state index in [0.717, 1.165) is 0 Å². The van der Waals surface area contributed by atoms with Crippen LogP contribution in [0.3, 0.4) is 0 Å². The third kappa shape index (κ3) is 1.90. The molecule has 5 heteroatoms. The lowest BCUT2D eigenvalue weighted by Crippen LogP contribution is -2.11. The van der Waals surface area contributed by atoms with Crippen molar-refractivity contribution >= 4 is 5.84 Å². The first kappa shape index (κ1) is 10.9. The monoisotopic (exact) mass is 229 g/mol. The Bertz CT molecular complexity index is 567. The molecule has 1 aromatic carbocycles. The van der Waals surface area contributed by atoms with Gasteiger partial charge in [-0.3, -0.25) is 10.4 Å². The average molecular weight is 229 g/mol. The third-order valence-electron chi connectivity index (χ3n) is 2.38. The van der Waals surface area contributed by atoms with Gasteiger partial charge < -0.3 is 15.9 Å². The van der Waals surface area contributed by atoms with E-state index >= 15 is 0 Å². The molecule has 0 atom stereocenters. The van der Waals surface area contributed by atoms with E-state index in [2.05, 4.69) is 4.98 Å². The maximum absolute atomic E-state index is 9.84. The molecule has 0 fully saturated rings. The molecule has 0 spiro atoms. The number of nitrogen functional groups attached to an aromatic ring is 1. The molecule has 0 bridgehead atoms. The van der Waals surface area contributed by atoms with Crippen molar-refractivity contribution in [3.05, 3.63) is 42.1 Å². The number of hydrogen-bond acceptors (Lipinski definition) is 4. The van der Waals surface area contributed by atoms with Gasteiger partial charge in [-0.1, -0.05) is 6.07 Å². The summed E-state index contributed by atoms with van der Waals surface area (Å²) in [4.78, 5) is 4.07. The van der Waals surface area contributed by atoms with E-state index in [1.54, 1.807) is 30.5 Å². The van der Waals surface area contributed by atoms with Crippen molar-refractivity contribution in [3.63, 3.8) is 0 Å². The van der Waals surface area contributed by atoms with Crippen LogP contribution in [0.2, 0.25) is 0 Å². The molecule has 1 heterocycles. The van der Waals surface area contributed by atoms with Crippen molar-refractivity contribution < 1.29 is 10.2 Å². The summed E-state index contributed by atoms with van der Waals surface area (Å²) in [5, 5.41) is 26.8. The number of nitrogens with two attached hydrogens (primary N) is 1. The summed E-state index contributed by atoms with van der Waals surface area (Å²) in [6.07, 6.45) is 1.59. The first-order valence-corrected chi connectivity index (χ1v) is 4.92. The number of rotatable bonds is 2. The van der Waals surface area contributed by atoms with Gasteiger partial charge in [0.2, 0.25) is 0 Å².